The summed E-state index contributed by atoms with van der Waals surface area (Å²) < 4.78 is 2.15. The predicted octanol–water partition coefficient (Wildman–Crippen LogP) is 2.27. The second kappa shape index (κ2) is 5.44. The van der Waals surface area contributed by atoms with Gasteiger partial charge in [-0.2, -0.15) is 16.9 Å². The topological polar surface area (TPSA) is 21.1 Å². The van der Waals surface area contributed by atoms with E-state index in [9.17, 15) is 0 Å². The zero-order chi connectivity index (χ0) is 11.5. The van der Waals surface area contributed by atoms with E-state index in [1.807, 2.05) is 12.3 Å². The van der Waals surface area contributed by atoms with E-state index in [4.69, 9.17) is 0 Å². The van der Waals surface area contributed by atoms with Crippen LogP contribution in [-0.2, 0) is 0 Å². The summed E-state index contributed by atoms with van der Waals surface area (Å²) in [5.74, 6) is 3.70. The number of thioether (sulfide) groups is 1. The fourth-order valence-corrected chi connectivity index (χ4v) is 4.27. The van der Waals surface area contributed by atoms with Crippen molar-refractivity contribution in [3.63, 3.8) is 0 Å². The highest BCUT2D eigenvalue weighted by Gasteiger charge is 2.25. The Morgan fingerprint density at radius 1 is 1.35 bits per heavy atom. The van der Waals surface area contributed by atoms with E-state index in [2.05, 4.69) is 32.6 Å². The molecule has 1 aromatic rings. The molecule has 0 saturated carbocycles. The Labute approximate surface area is 108 Å². The minimum Gasteiger partial charge on any atom is -0.301 e. The lowest BCUT2D eigenvalue weighted by atomic mass is 10.0. The Balaban J connectivity index is 1.56. The van der Waals surface area contributed by atoms with E-state index in [0.29, 0.717) is 6.04 Å². The molecule has 3 rings (SSSR count). The molecule has 0 aromatic carbocycles. The summed E-state index contributed by atoms with van der Waals surface area (Å²) in [6.45, 7) is 3.80. The highest BCUT2D eigenvalue weighted by Crippen LogP contribution is 2.27. The van der Waals surface area contributed by atoms with Gasteiger partial charge in [-0.1, -0.05) is 0 Å². The average molecular weight is 251 g/mol. The summed E-state index contributed by atoms with van der Waals surface area (Å²) in [7, 11) is 0. The second-order valence-electron chi connectivity index (χ2n) is 5.27. The SMILES string of the molecule is c1cnn([C@@H]2CCCN(C[C@H]3CCSC3)C2)c1. The van der Waals surface area contributed by atoms with E-state index >= 15 is 0 Å². The van der Waals surface area contributed by atoms with Crippen LogP contribution in [0.15, 0.2) is 18.5 Å². The van der Waals surface area contributed by atoms with Crippen molar-refractivity contribution in [2.45, 2.75) is 25.3 Å². The lowest BCUT2D eigenvalue weighted by molar-refractivity contribution is 0.153. The molecule has 2 aliphatic rings. The molecule has 0 N–H and O–H groups in total. The fraction of sp³-hybridized carbons (Fsp3) is 0.769. The molecule has 0 bridgehead atoms. The maximum absolute atomic E-state index is 4.39. The maximum Gasteiger partial charge on any atom is 0.0646 e. The van der Waals surface area contributed by atoms with Crippen LogP contribution in [0, 0.1) is 5.92 Å². The van der Waals surface area contributed by atoms with Crippen LogP contribution in [0.25, 0.3) is 0 Å². The molecule has 0 aliphatic carbocycles. The van der Waals surface area contributed by atoms with E-state index in [1.165, 1.54) is 50.4 Å². The van der Waals surface area contributed by atoms with Crippen LogP contribution in [0.2, 0.25) is 0 Å². The predicted molar refractivity (Wildman–Crippen MR) is 72.4 cm³/mol. The molecule has 3 heterocycles. The van der Waals surface area contributed by atoms with E-state index < -0.39 is 0 Å². The van der Waals surface area contributed by atoms with Crippen LogP contribution in [-0.4, -0.2) is 45.8 Å². The summed E-state index contributed by atoms with van der Waals surface area (Å²) in [4.78, 5) is 2.66. The van der Waals surface area contributed by atoms with Gasteiger partial charge in [-0.3, -0.25) is 4.68 Å². The van der Waals surface area contributed by atoms with Crippen LogP contribution in [0.1, 0.15) is 25.3 Å². The monoisotopic (exact) mass is 251 g/mol. The van der Waals surface area contributed by atoms with E-state index in [-0.39, 0.29) is 0 Å². The van der Waals surface area contributed by atoms with Gasteiger partial charge in [0.15, 0.2) is 0 Å². The van der Waals surface area contributed by atoms with Crippen molar-refractivity contribution in [2.24, 2.45) is 5.92 Å². The number of hydrogen-bond donors (Lipinski definition) is 0. The molecular weight excluding hydrogens is 230 g/mol. The largest absolute Gasteiger partial charge is 0.301 e. The summed E-state index contributed by atoms with van der Waals surface area (Å²) in [5.41, 5.74) is 0. The molecule has 94 valence electrons. The van der Waals surface area contributed by atoms with Gasteiger partial charge in [0.25, 0.3) is 0 Å². The maximum atomic E-state index is 4.39. The van der Waals surface area contributed by atoms with Gasteiger partial charge in [0.1, 0.15) is 0 Å². The molecule has 1 aromatic heterocycles. The first-order chi connectivity index (χ1) is 8.42. The number of piperidine rings is 1. The average Bonchev–Trinajstić information content (AvgIpc) is 3.01. The fourth-order valence-electron chi connectivity index (χ4n) is 3.00. The molecule has 3 nitrogen and oxygen atoms in total. The zero-order valence-corrected chi connectivity index (χ0v) is 11.1. The first-order valence-electron chi connectivity index (χ1n) is 6.71. The van der Waals surface area contributed by atoms with Crippen LogP contribution in [0.4, 0.5) is 0 Å². The van der Waals surface area contributed by atoms with Gasteiger partial charge < -0.3 is 4.90 Å². The van der Waals surface area contributed by atoms with Crippen LogP contribution >= 0.6 is 11.8 Å². The summed E-state index contributed by atoms with van der Waals surface area (Å²) >= 11 is 2.13. The van der Waals surface area contributed by atoms with Gasteiger partial charge in [-0.05, 0) is 49.3 Å². The smallest absolute Gasteiger partial charge is 0.0646 e. The number of hydrogen-bond acceptors (Lipinski definition) is 3. The third-order valence-electron chi connectivity index (χ3n) is 3.92. The molecule has 17 heavy (non-hydrogen) atoms. The van der Waals surface area contributed by atoms with Gasteiger partial charge in [0.05, 0.1) is 6.04 Å². The number of likely N-dealkylation sites (tertiary alicyclic amines) is 1. The lowest BCUT2D eigenvalue weighted by Gasteiger charge is -2.34. The van der Waals surface area contributed by atoms with Crippen molar-refractivity contribution in [3.8, 4) is 0 Å². The van der Waals surface area contributed by atoms with Gasteiger partial charge in [0, 0.05) is 25.5 Å². The van der Waals surface area contributed by atoms with Crippen molar-refractivity contribution in [1.82, 2.24) is 14.7 Å². The molecule has 0 spiro atoms. The minimum absolute atomic E-state index is 0.604. The van der Waals surface area contributed by atoms with Gasteiger partial charge >= 0.3 is 0 Å². The Morgan fingerprint density at radius 3 is 3.12 bits per heavy atom. The standard InChI is InChI=1S/C13H21N3S/c1-3-13(16-7-2-5-14-16)10-15(6-1)9-12-4-8-17-11-12/h2,5,7,12-13H,1,3-4,6,8-11H2/t12-,13-/m1/s1. The molecular formula is C13H21N3S. The third-order valence-corrected chi connectivity index (χ3v) is 5.15. The number of nitrogens with zero attached hydrogens (tertiary/aromatic N) is 3. The zero-order valence-electron chi connectivity index (χ0n) is 10.3. The highest BCUT2D eigenvalue weighted by atomic mass is 32.2. The van der Waals surface area contributed by atoms with Crippen molar-refractivity contribution in [2.75, 3.05) is 31.1 Å². The molecule has 0 amide bonds. The highest BCUT2D eigenvalue weighted by molar-refractivity contribution is 7.99. The Morgan fingerprint density at radius 2 is 2.35 bits per heavy atom. The van der Waals surface area contributed by atoms with E-state index in [0.717, 1.165) is 5.92 Å². The van der Waals surface area contributed by atoms with Crippen molar-refractivity contribution in [3.05, 3.63) is 18.5 Å². The molecule has 2 saturated heterocycles. The molecule has 0 radical (unpaired) electrons. The molecule has 2 fully saturated rings. The Bertz CT molecular complexity index is 332. The normalized spacial score (nSPS) is 30.8. The summed E-state index contributed by atoms with van der Waals surface area (Å²) in [6.07, 6.45) is 8.04. The van der Waals surface area contributed by atoms with Crippen molar-refractivity contribution >= 4 is 11.8 Å². The second-order valence-corrected chi connectivity index (χ2v) is 6.42. The molecule has 0 unspecified atom stereocenters. The third kappa shape index (κ3) is 2.86. The first-order valence-corrected chi connectivity index (χ1v) is 7.86. The molecule has 4 heteroatoms. The van der Waals surface area contributed by atoms with Gasteiger partial charge in [-0.25, -0.2) is 0 Å². The Kier molecular flexibility index (Phi) is 3.71. The van der Waals surface area contributed by atoms with Crippen LogP contribution < -0.4 is 0 Å². The number of aromatic nitrogens is 2. The lowest BCUT2D eigenvalue weighted by Crippen LogP contribution is -2.39. The Hall–Kier alpha value is -0.480. The van der Waals surface area contributed by atoms with Crippen molar-refractivity contribution < 1.29 is 0 Å². The van der Waals surface area contributed by atoms with Crippen molar-refractivity contribution in [1.29, 1.82) is 0 Å². The summed E-state index contributed by atoms with van der Waals surface area (Å²) in [6, 6.07) is 2.64. The molecule has 2 aliphatic heterocycles. The van der Waals surface area contributed by atoms with Gasteiger partial charge in [0.2, 0.25) is 0 Å². The quantitative estimate of drug-likeness (QED) is 0.822. The summed E-state index contributed by atoms with van der Waals surface area (Å²) in [5, 5.41) is 4.39. The minimum atomic E-state index is 0.604. The molecule has 2 atom stereocenters. The van der Waals surface area contributed by atoms with Crippen LogP contribution in [0.5, 0.6) is 0 Å². The number of rotatable bonds is 3. The van der Waals surface area contributed by atoms with E-state index in [1.54, 1.807) is 0 Å². The van der Waals surface area contributed by atoms with Crippen LogP contribution in [0.3, 0.4) is 0 Å². The van der Waals surface area contributed by atoms with Gasteiger partial charge in [-0.15, -0.1) is 0 Å². The first kappa shape index (κ1) is 11.6.